The number of nitrogens with two attached hydrogens (primary N) is 1. The fourth-order valence-corrected chi connectivity index (χ4v) is 1.55. The number of rotatable bonds is 4. The molecule has 0 radical (unpaired) electrons. The van der Waals surface area contributed by atoms with Gasteiger partial charge in [-0.05, 0) is 31.9 Å². The summed E-state index contributed by atoms with van der Waals surface area (Å²) in [5.41, 5.74) is 5.70. The van der Waals surface area contributed by atoms with Crippen molar-refractivity contribution in [3.05, 3.63) is 23.9 Å². The minimum Gasteiger partial charge on any atom is -0.392 e. The number of hydrogen-bond donors (Lipinski definition) is 2. The van der Waals surface area contributed by atoms with Gasteiger partial charge >= 0.3 is 0 Å². The summed E-state index contributed by atoms with van der Waals surface area (Å²) in [5, 5.41) is 2.77. The summed E-state index contributed by atoms with van der Waals surface area (Å²) < 4.78 is 0. The van der Waals surface area contributed by atoms with Gasteiger partial charge in [-0.2, -0.15) is 0 Å². The predicted molar refractivity (Wildman–Crippen MR) is 72.8 cm³/mol. The second kappa shape index (κ2) is 5.23. The van der Waals surface area contributed by atoms with Crippen molar-refractivity contribution in [2.24, 2.45) is 11.1 Å². The number of carbonyl (C=O) groups excluding carboxylic acids is 1. The number of aromatic nitrogens is 1. The molecule has 17 heavy (non-hydrogen) atoms. The minimum absolute atomic E-state index is 0.200. The lowest BCUT2D eigenvalue weighted by Crippen LogP contribution is -2.43. The molecule has 5 heteroatoms. The normalized spacial score (nSPS) is 13.8. The smallest absolute Gasteiger partial charge is 0.238 e. The Labute approximate surface area is 107 Å². The third kappa shape index (κ3) is 2.79. The van der Waals surface area contributed by atoms with E-state index < -0.39 is 5.41 Å². The molecule has 1 amide bonds. The van der Waals surface area contributed by atoms with Gasteiger partial charge in [0.1, 0.15) is 5.82 Å². The maximum atomic E-state index is 12.1. The maximum Gasteiger partial charge on any atom is 0.238 e. The fraction of sp³-hybridized carbons (Fsp3) is 0.417. The molecule has 1 aromatic heterocycles. The number of carbonyl (C=O) groups is 1. The van der Waals surface area contributed by atoms with Crippen LogP contribution in [0.25, 0.3) is 0 Å². The zero-order valence-electron chi connectivity index (χ0n) is 10.3. The highest BCUT2D eigenvalue weighted by Gasteiger charge is 2.34. The lowest BCUT2D eigenvalue weighted by Gasteiger charge is -2.25. The third-order valence-electron chi connectivity index (χ3n) is 2.99. The van der Waals surface area contributed by atoms with Crippen molar-refractivity contribution in [1.82, 2.24) is 4.98 Å². The van der Waals surface area contributed by atoms with Crippen LogP contribution in [0.3, 0.4) is 0 Å². The van der Waals surface area contributed by atoms with Crippen LogP contribution in [0.1, 0.15) is 25.8 Å². The lowest BCUT2D eigenvalue weighted by molar-refractivity contribution is -0.121. The molecule has 1 rings (SSSR count). The van der Waals surface area contributed by atoms with E-state index in [1.807, 2.05) is 26.0 Å². The van der Waals surface area contributed by atoms with Crippen LogP contribution in [0, 0.1) is 12.3 Å². The van der Waals surface area contributed by atoms with Gasteiger partial charge in [-0.15, -0.1) is 0 Å². The van der Waals surface area contributed by atoms with Crippen molar-refractivity contribution in [1.29, 1.82) is 0 Å². The molecule has 0 fully saturated rings. The third-order valence-corrected chi connectivity index (χ3v) is 3.44. The van der Waals surface area contributed by atoms with E-state index in [4.69, 9.17) is 18.0 Å². The Balaban J connectivity index is 2.93. The second-order valence-corrected chi connectivity index (χ2v) is 4.61. The summed E-state index contributed by atoms with van der Waals surface area (Å²) >= 11 is 4.95. The Hall–Kier alpha value is -1.49. The highest BCUT2D eigenvalue weighted by molar-refractivity contribution is 7.80. The molecule has 1 unspecified atom stereocenters. The van der Waals surface area contributed by atoms with Gasteiger partial charge in [0, 0.05) is 6.20 Å². The van der Waals surface area contributed by atoms with Crippen LogP contribution in [-0.2, 0) is 4.79 Å². The molecule has 3 N–H and O–H groups in total. The molecule has 1 atom stereocenters. The first kappa shape index (κ1) is 13.6. The van der Waals surface area contributed by atoms with Gasteiger partial charge in [-0.25, -0.2) is 4.98 Å². The second-order valence-electron chi connectivity index (χ2n) is 4.17. The number of aryl methyl sites for hydroxylation is 1. The van der Waals surface area contributed by atoms with E-state index in [9.17, 15) is 4.79 Å². The highest BCUT2D eigenvalue weighted by Crippen LogP contribution is 2.24. The maximum absolute atomic E-state index is 12.1. The van der Waals surface area contributed by atoms with Crippen LogP contribution in [0.5, 0.6) is 0 Å². The first-order valence-electron chi connectivity index (χ1n) is 5.44. The molecule has 0 aromatic carbocycles. The van der Waals surface area contributed by atoms with Gasteiger partial charge in [-0.3, -0.25) is 4.79 Å². The zero-order chi connectivity index (χ0) is 13.1. The zero-order valence-corrected chi connectivity index (χ0v) is 11.1. The molecular formula is C12H17N3OS. The van der Waals surface area contributed by atoms with Crippen molar-refractivity contribution in [3.8, 4) is 0 Å². The Morgan fingerprint density at radius 3 is 2.76 bits per heavy atom. The standard InChI is InChI=1S/C12H17N3OS/c1-4-12(3,10(13)17)11(16)15-9-8(2)6-5-7-14-9/h5-7H,4H2,1-3H3,(H2,13,17)(H,14,15,16). The van der Waals surface area contributed by atoms with Crippen molar-refractivity contribution < 1.29 is 4.79 Å². The topological polar surface area (TPSA) is 68.0 Å². The summed E-state index contributed by atoms with van der Waals surface area (Å²) in [6.45, 7) is 5.50. The summed E-state index contributed by atoms with van der Waals surface area (Å²) in [6, 6.07) is 3.70. The average molecular weight is 251 g/mol. The molecule has 0 saturated heterocycles. The van der Waals surface area contributed by atoms with E-state index in [1.54, 1.807) is 13.1 Å². The highest BCUT2D eigenvalue weighted by atomic mass is 32.1. The molecule has 0 aliphatic rings. The largest absolute Gasteiger partial charge is 0.392 e. The van der Waals surface area contributed by atoms with E-state index in [0.29, 0.717) is 12.2 Å². The number of anilines is 1. The van der Waals surface area contributed by atoms with E-state index >= 15 is 0 Å². The van der Waals surface area contributed by atoms with E-state index in [-0.39, 0.29) is 10.9 Å². The van der Waals surface area contributed by atoms with E-state index in [1.165, 1.54) is 0 Å². The number of thiocarbonyl (C=S) groups is 1. The van der Waals surface area contributed by atoms with Crippen molar-refractivity contribution >= 4 is 28.9 Å². The van der Waals surface area contributed by atoms with Crippen LogP contribution >= 0.6 is 12.2 Å². The SMILES string of the molecule is CCC(C)(C(=O)Nc1ncccc1C)C(N)=S. The molecule has 0 aliphatic heterocycles. The first-order chi connectivity index (χ1) is 7.91. The molecule has 0 bridgehead atoms. The van der Waals surface area contributed by atoms with Crippen LogP contribution in [0.2, 0.25) is 0 Å². The van der Waals surface area contributed by atoms with Crippen molar-refractivity contribution in [3.63, 3.8) is 0 Å². The number of nitrogens with one attached hydrogen (secondary N) is 1. The number of hydrogen-bond acceptors (Lipinski definition) is 3. The molecule has 0 spiro atoms. The van der Waals surface area contributed by atoms with Gasteiger partial charge in [0.15, 0.2) is 0 Å². The molecule has 0 aliphatic carbocycles. The number of amides is 1. The molecule has 92 valence electrons. The van der Waals surface area contributed by atoms with Gasteiger partial charge in [-0.1, -0.05) is 25.2 Å². The molecule has 1 aromatic rings. The van der Waals surface area contributed by atoms with Crippen LogP contribution < -0.4 is 11.1 Å². The van der Waals surface area contributed by atoms with Crippen molar-refractivity contribution in [2.75, 3.05) is 5.32 Å². The van der Waals surface area contributed by atoms with E-state index in [0.717, 1.165) is 5.56 Å². The van der Waals surface area contributed by atoms with Crippen LogP contribution in [0.15, 0.2) is 18.3 Å². The summed E-state index contributed by atoms with van der Waals surface area (Å²) in [6.07, 6.45) is 2.19. The Morgan fingerprint density at radius 1 is 1.65 bits per heavy atom. The molecule has 1 heterocycles. The number of nitrogens with zero attached hydrogens (tertiary/aromatic N) is 1. The van der Waals surface area contributed by atoms with E-state index in [2.05, 4.69) is 10.3 Å². The summed E-state index contributed by atoms with van der Waals surface area (Å²) in [5.74, 6) is 0.336. The molecule has 4 nitrogen and oxygen atoms in total. The molecule has 0 saturated carbocycles. The summed E-state index contributed by atoms with van der Waals surface area (Å²) in [7, 11) is 0. The minimum atomic E-state index is -0.834. The number of pyridine rings is 1. The quantitative estimate of drug-likeness (QED) is 0.803. The van der Waals surface area contributed by atoms with Gasteiger partial charge in [0.05, 0.1) is 10.4 Å². The first-order valence-corrected chi connectivity index (χ1v) is 5.85. The predicted octanol–water partition coefficient (Wildman–Crippen LogP) is 2.03. The van der Waals surface area contributed by atoms with Crippen molar-refractivity contribution in [2.45, 2.75) is 27.2 Å². The average Bonchev–Trinajstić information content (AvgIpc) is 2.30. The van der Waals surface area contributed by atoms with Gasteiger partial charge < -0.3 is 11.1 Å². The fourth-order valence-electron chi connectivity index (χ4n) is 1.31. The lowest BCUT2D eigenvalue weighted by atomic mass is 9.86. The van der Waals surface area contributed by atoms with Gasteiger partial charge in [0.2, 0.25) is 5.91 Å². The van der Waals surface area contributed by atoms with Crippen LogP contribution in [-0.4, -0.2) is 15.9 Å². The Kier molecular flexibility index (Phi) is 4.17. The van der Waals surface area contributed by atoms with Crippen LogP contribution in [0.4, 0.5) is 5.82 Å². The molecular weight excluding hydrogens is 234 g/mol. The summed E-state index contributed by atoms with van der Waals surface area (Å²) in [4.78, 5) is 16.4. The monoisotopic (exact) mass is 251 g/mol. The Bertz CT molecular complexity index is 447. The Morgan fingerprint density at radius 2 is 2.29 bits per heavy atom. The van der Waals surface area contributed by atoms with Gasteiger partial charge in [0.25, 0.3) is 0 Å².